The SMILES string of the molecule is [B]c1cc(OS(=O)(=O)C(F)(F)F)c2ccnn2c1. The normalized spacial score (nSPS) is 12.8. The Kier molecular flexibility index (Phi) is 2.76. The number of alkyl halides is 3. The minimum atomic E-state index is -5.73. The van der Waals surface area contributed by atoms with Crippen LogP contribution in [-0.2, 0) is 10.1 Å². The predicted octanol–water partition coefficient (Wildman–Crippen LogP) is 0.356. The Balaban J connectivity index is 2.53. The van der Waals surface area contributed by atoms with E-state index in [1.54, 1.807) is 0 Å². The second-order valence-electron chi connectivity index (χ2n) is 3.28. The third-order valence-electron chi connectivity index (χ3n) is 1.97. The average molecular weight is 276 g/mol. The molecule has 0 atom stereocenters. The second kappa shape index (κ2) is 3.90. The van der Waals surface area contributed by atoms with E-state index in [1.807, 2.05) is 0 Å². The third kappa shape index (κ3) is 2.15. The van der Waals surface area contributed by atoms with Crippen LogP contribution < -0.4 is 9.65 Å². The quantitative estimate of drug-likeness (QED) is 0.451. The summed E-state index contributed by atoms with van der Waals surface area (Å²) in [5, 5.41) is 3.71. The summed E-state index contributed by atoms with van der Waals surface area (Å²) in [6, 6.07) is 2.26. The van der Waals surface area contributed by atoms with Crippen molar-refractivity contribution in [2.75, 3.05) is 0 Å². The Morgan fingerprint density at radius 3 is 2.67 bits per heavy atom. The molecular formula is C8H4BF3N2O3S. The number of nitrogens with zero attached hydrogens (tertiary/aromatic N) is 2. The van der Waals surface area contributed by atoms with Gasteiger partial charge in [0.25, 0.3) is 0 Å². The molecule has 0 unspecified atom stereocenters. The molecule has 0 saturated heterocycles. The fourth-order valence-corrected chi connectivity index (χ4v) is 1.71. The molecule has 2 aromatic rings. The summed E-state index contributed by atoms with van der Waals surface area (Å²) < 4.78 is 63.4. The molecule has 0 saturated carbocycles. The lowest BCUT2D eigenvalue weighted by Gasteiger charge is -2.11. The molecule has 2 aromatic heterocycles. The van der Waals surface area contributed by atoms with Gasteiger partial charge >= 0.3 is 15.6 Å². The van der Waals surface area contributed by atoms with Gasteiger partial charge in [-0.1, -0.05) is 5.46 Å². The van der Waals surface area contributed by atoms with E-state index in [2.05, 4.69) is 9.28 Å². The van der Waals surface area contributed by atoms with E-state index in [-0.39, 0.29) is 11.0 Å². The topological polar surface area (TPSA) is 60.7 Å². The maximum Gasteiger partial charge on any atom is 0.534 e. The highest BCUT2D eigenvalue weighted by molar-refractivity contribution is 7.88. The van der Waals surface area contributed by atoms with Gasteiger partial charge in [-0.15, -0.1) is 0 Å². The standard InChI is InChI=1S/C8H4BF3N2O3S/c9-5-3-7(6-1-2-13-14(6)4-5)17-18(15,16)8(10,11)12/h1-4H. The first-order valence-corrected chi connectivity index (χ1v) is 5.85. The first kappa shape index (κ1) is 12.7. The number of fused-ring (bicyclic) bond motifs is 1. The van der Waals surface area contributed by atoms with Crippen LogP contribution in [0, 0.1) is 0 Å². The summed E-state index contributed by atoms with van der Waals surface area (Å²) in [5.41, 5.74) is -5.44. The van der Waals surface area contributed by atoms with Crippen LogP contribution in [0.2, 0.25) is 0 Å². The van der Waals surface area contributed by atoms with Gasteiger partial charge in [-0.25, -0.2) is 4.52 Å². The Morgan fingerprint density at radius 2 is 2.06 bits per heavy atom. The van der Waals surface area contributed by atoms with Gasteiger partial charge in [0.1, 0.15) is 13.4 Å². The molecular weight excluding hydrogens is 272 g/mol. The van der Waals surface area contributed by atoms with Crippen LogP contribution in [0.15, 0.2) is 24.5 Å². The summed E-state index contributed by atoms with van der Waals surface area (Å²) in [6.07, 6.45) is 2.57. The molecule has 2 heterocycles. The van der Waals surface area contributed by atoms with Crippen LogP contribution in [-0.4, -0.2) is 31.4 Å². The van der Waals surface area contributed by atoms with Crippen molar-refractivity contribution in [2.45, 2.75) is 5.51 Å². The molecule has 0 aliphatic carbocycles. The first-order chi connectivity index (χ1) is 8.21. The molecule has 0 aromatic carbocycles. The molecule has 0 spiro atoms. The molecule has 10 heteroatoms. The number of hydrogen-bond donors (Lipinski definition) is 0. The minimum Gasteiger partial charge on any atom is -0.374 e. The van der Waals surface area contributed by atoms with Crippen molar-refractivity contribution < 1.29 is 25.8 Å². The van der Waals surface area contributed by atoms with Crippen molar-refractivity contribution in [3.8, 4) is 5.75 Å². The van der Waals surface area contributed by atoms with Crippen LogP contribution >= 0.6 is 0 Å². The van der Waals surface area contributed by atoms with Gasteiger partial charge in [-0.3, -0.25) is 0 Å². The van der Waals surface area contributed by atoms with Crippen molar-refractivity contribution in [3.05, 3.63) is 24.5 Å². The highest BCUT2D eigenvalue weighted by atomic mass is 32.2. The number of aromatic nitrogens is 2. The van der Waals surface area contributed by atoms with Gasteiger partial charge in [0.05, 0.1) is 6.20 Å². The highest BCUT2D eigenvalue weighted by Gasteiger charge is 2.48. The summed E-state index contributed by atoms with van der Waals surface area (Å²) in [7, 11) is -0.339. The molecule has 18 heavy (non-hydrogen) atoms. The van der Waals surface area contributed by atoms with E-state index in [9.17, 15) is 21.6 Å². The lowest BCUT2D eigenvalue weighted by Crippen LogP contribution is -2.28. The molecule has 94 valence electrons. The number of rotatable bonds is 2. The summed E-state index contributed by atoms with van der Waals surface area (Å²) in [6.45, 7) is 0. The van der Waals surface area contributed by atoms with Gasteiger partial charge in [0.15, 0.2) is 5.75 Å². The zero-order valence-corrected chi connectivity index (χ0v) is 9.36. The average Bonchev–Trinajstić information content (AvgIpc) is 2.62. The Bertz CT molecular complexity index is 695. The fourth-order valence-electron chi connectivity index (χ4n) is 1.25. The van der Waals surface area contributed by atoms with E-state index in [0.29, 0.717) is 0 Å². The van der Waals surface area contributed by atoms with Gasteiger partial charge in [0, 0.05) is 6.20 Å². The predicted molar refractivity (Wildman–Crippen MR) is 56.2 cm³/mol. The molecule has 5 nitrogen and oxygen atoms in total. The van der Waals surface area contributed by atoms with E-state index in [4.69, 9.17) is 7.85 Å². The zero-order chi connectivity index (χ0) is 13.6. The van der Waals surface area contributed by atoms with Gasteiger partial charge in [0.2, 0.25) is 0 Å². The summed E-state index contributed by atoms with van der Waals surface area (Å²) in [4.78, 5) is 0. The van der Waals surface area contributed by atoms with Gasteiger partial charge < -0.3 is 4.18 Å². The van der Waals surface area contributed by atoms with Crippen molar-refractivity contribution in [1.82, 2.24) is 9.61 Å². The van der Waals surface area contributed by atoms with Crippen molar-refractivity contribution in [2.24, 2.45) is 0 Å². The van der Waals surface area contributed by atoms with E-state index >= 15 is 0 Å². The fraction of sp³-hybridized carbons (Fsp3) is 0.125. The van der Waals surface area contributed by atoms with Crippen LogP contribution in [0.4, 0.5) is 13.2 Å². The van der Waals surface area contributed by atoms with Crippen LogP contribution in [0.3, 0.4) is 0 Å². The van der Waals surface area contributed by atoms with Crippen molar-refractivity contribution in [1.29, 1.82) is 0 Å². The highest BCUT2D eigenvalue weighted by Crippen LogP contribution is 2.28. The van der Waals surface area contributed by atoms with Crippen molar-refractivity contribution in [3.63, 3.8) is 0 Å². The summed E-state index contributed by atoms with van der Waals surface area (Å²) in [5.74, 6) is -0.537. The Hall–Kier alpha value is -1.71. The molecule has 0 bridgehead atoms. The largest absolute Gasteiger partial charge is 0.534 e. The third-order valence-corrected chi connectivity index (χ3v) is 2.94. The van der Waals surface area contributed by atoms with Gasteiger partial charge in [-0.05, 0) is 12.1 Å². The summed E-state index contributed by atoms with van der Waals surface area (Å²) >= 11 is 0. The molecule has 0 N–H and O–H groups in total. The molecule has 0 fully saturated rings. The van der Waals surface area contributed by atoms with E-state index in [0.717, 1.165) is 10.6 Å². The maximum atomic E-state index is 12.2. The monoisotopic (exact) mass is 276 g/mol. The first-order valence-electron chi connectivity index (χ1n) is 4.44. The smallest absolute Gasteiger partial charge is 0.374 e. The van der Waals surface area contributed by atoms with Crippen LogP contribution in [0.1, 0.15) is 0 Å². The molecule has 0 amide bonds. The van der Waals surface area contributed by atoms with E-state index in [1.165, 1.54) is 18.5 Å². The molecule has 2 radical (unpaired) electrons. The maximum absolute atomic E-state index is 12.2. The van der Waals surface area contributed by atoms with Crippen LogP contribution in [0.5, 0.6) is 5.75 Å². The number of pyridine rings is 1. The second-order valence-corrected chi connectivity index (χ2v) is 4.82. The molecule has 0 aliphatic heterocycles. The zero-order valence-electron chi connectivity index (χ0n) is 8.55. The number of halogens is 3. The van der Waals surface area contributed by atoms with Crippen LogP contribution in [0.25, 0.3) is 5.52 Å². The van der Waals surface area contributed by atoms with E-state index < -0.39 is 21.4 Å². The molecule has 2 rings (SSSR count). The minimum absolute atomic E-state index is 0.0126. The Morgan fingerprint density at radius 1 is 1.39 bits per heavy atom. The van der Waals surface area contributed by atoms with Gasteiger partial charge in [-0.2, -0.15) is 26.7 Å². The van der Waals surface area contributed by atoms with Crippen molar-refractivity contribution >= 4 is 28.9 Å². The lowest BCUT2D eigenvalue weighted by molar-refractivity contribution is -0.0499. The lowest BCUT2D eigenvalue weighted by atomic mass is 9.98. The number of hydrogen-bond acceptors (Lipinski definition) is 4. The molecule has 0 aliphatic rings. The Labute approximate surface area is 101 Å².